The molecule has 0 heterocycles. The molecule has 0 spiro atoms. The second kappa shape index (κ2) is 6.98. The van der Waals surface area contributed by atoms with E-state index >= 15 is 0 Å². The van der Waals surface area contributed by atoms with Crippen LogP contribution in [0.1, 0.15) is 18.9 Å². The summed E-state index contributed by atoms with van der Waals surface area (Å²) < 4.78 is 0. The number of carbonyl (C=O) groups excluding carboxylic acids is 1. The van der Waals surface area contributed by atoms with Crippen molar-refractivity contribution in [2.24, 2.45) is 0 Å². The minimum atomic E-state index is -0.0668. The van der Waals surface area contributed by atoms with E-state index in [0.29, 0.717) is 6.54 Å². The van der Waals surface area contributed by atoms with Crippen molar-refractivity contribution >= 4 is 11.6 Å². The van der Waals surface area contributed by atoms with Gasteiger partial charge in [-0.3, -0.25) is 4.79 Å². The molecule has 1 rings (SSSR count). The van der Waals surface area contributed by atoms with Gasteiger partial charge in [-0.15, -0.1) is 0 Å². The molecule has 88 valence electrons. The predicted octanol–water partition coefficient (Wildman–Crippen LogP) is 1.12. The van der Waals surface area contributed by atoms with Gasteiger partial charge in [-0.05, 0) is 24.6 Å². The van der Waals surface area contributed by atoms with Crippen LogP contribution in [0.5, 0.6) is 0 Å². The van der Waals surface area contributed by atoms with E-state index in [4.69, 9.17) is 5.11 Å². The lowest BCUT2D eigenvalue weighted by atomic mass is 10.1. The van der Waals surface area contributed by atoms with Crippen molar-refractivity contribution < 1.29 is 9.90 Å². The highest BCUT2D eigenvalue weighted by atomic mass is 16.3. The number of hydrogen-bond acceptors (Lipinski definition) is 3. The van der Waals surface area contributed by atoms with E-state index in [0.717, 1.165) is 24.2 Å². The molecule has 0 radical (unpaired) electrons. The standard InChI is InChI=1S/C12H18N2O2/c1-10(16)14-12-6-3-2-5-11(12)9-13-7-4-8-15/h2-3,5-6,13,15H,4,7-9H2,1H3,(H,14,16). The van der Waals surface area contributed by atoms with E-state index in [2.05, 4.69) is 10.6 Å². The number of rotatable bonds is 6. The van der Waals surface area contributed by atoms with Crippen LogP contribution < -0.4 is 10.6 Å². The number of carbonyl (C=O) groups is 1. The summed E-state index contributed by atoms with van der Waals surface area (Å²) in [6, 6.07) is 7.68. The third kappa shape index (κ3) is 4.42. The Kier molecular flexibility index (Phi) is 5.53. The Morgan fingerprint density at radius 3 is 2.81 bits per heavy atom. The van der Waals surface area contributed by atoms with Gasteiger partial charge in [0.25, 0.3) is 0 Å². The van der Waals surface area contributed by atoms with Gasteiger partial charge in [-0.25, -0.2) is 0 Å². The van der Waals surface area contributed by atoms with Crippen LogP contribution in [-0.4, -0.2) is 24.2 Å². The van der Waals surface area contributed by atoms with Crippen molar-refractivity contribution in [3.8, 4) is 0 Å². The molecule has 3 N–H and O–H groups in total. The van der Waals surface area contributed by atoms with Crippen LogP contribution in [-0.2, 0) is 11.3 Å². The van der Waals surface area contributed by atoms with Crippen LogP contribution >= 0.6 is 0 Å². The summed E-state index contributed by atoms with van der Waals surface area (Å²) >= 11 is 0. The first kappa shape index (κ1) is 12.7. The SMILES string of the molecule is CC(=O)Nc1ccccc1CNCCCO. The predicted molar refractivity (Wildman–Crippen MR) is 64.2 cm³/mol. The minimum Gasteiger partial charge on any atom is -0.396 e. The van der Waals surface area contributed by atoms with Crippen molar-refractivity contribution in [3.63, 3.8) is 0 Å². The van der Waals surface area contributed by atoms with Crippen molar-refractivity contribution in [1.82, 2.24) is 5.32 Å². The Morgan fingerprint density at radius 2 is 2.12 bits per heavy atom. The van der Waals surface area contributed by atoms with E-state index < -0.39 is 0 Å². The van der Waals surface area contributed by atoms with Gasteiger partial charge in [0, 0.05) is 25.8 Å². The first-order valence-corrected chi connectivity index (χ1v) is 5.41. The zero-order chi connectivity index (χ0) is 11.8. The molecule has 1 aromatic carbocycles. The average molecular weight is 222 g/mol. The highest BCUT2D eigenvalue weighted by Crippen LogP contribution is 2.14. The van der Waals surface area contributed by atoms with Crippen LogP contribution in [0.3, 0.4) is 0 Å². The third-order valence-corrected chi connectivity index (χ3v) is 2.16. The van der Waals surface area contributed by atoms with Crippen molar-refractivity contribution in [2.45, 2.75) is 19.9 Å². The van der Waals surface area contributed by atoms with Crippen LogP contribution in [0.15, 0.2) is 24.3 Å². The van der Waals surface area contributed by atoms with E-state index in [1.807, 2.05) is 24.3 Å². The molecular formula is C12H18N2O2. The molecule has 4 heteroatoms. The lowest BCUT2D eigenvalue weighted by Gasteiger charge is -2.10. The summed E-state index contributed by atoms with van der Waals surface area (Å²) in [5.41, 5.74) is 1.89. The zero-order valence-corrected chi connectivity index (χ0v) is 9.49. The molecule has 0 atom stereocenters. The van der Waals surface area contributed by atoms with Crippen LogP contribution in [0.2, 0.25) is 0 Å². The molecule has 0 bridgehead atoms. The molecule has 1 amide bonds. The molecule has 0 aliphatic heterocycles. The second-order valence-electron chi connectivity index (χ2n) is 3.59. The van der Waals surface area contributed by atoms with Gasteiger partial charge in [0.15, 0.2) is 0 Å². The van der Waals surface area contributed by atoms with Gasteiger partial charge in [-0.1, -0.05) is 18.2 Å². The summed E-state index contributed by atoms with van der Waals surface area (Å²) in [7, 11) is 0. The summed E-state index contributed by atoms with van der Waals surface area (Å²) in [6.45, 7) is 3.15. The molecule has 16 heavy (non-hydrogen) atoms. The van der Waals surface area contributed by atoms with Gasteiger partial charge in [0.05, 0.1) is 0 Å². The molecule has 0 aliphatic rings. The lowest BCUT2D eigenvalue weighted by molar-refractivity contribution is -0.114. The number of aliphatic hydroxyl groups excluding tert-OH is 1. The van der Waals surface area contributed by atoms with Gasteiger partial charge < -0.3 is 15.7 Å². The number of benzene rings is 1. The molecule has 0 aromatic heterocycles. The van der Waals surface area contributed by atoms with Gasteiger partial charge in [0.1, 0.15) is 0 Å². The van der Waals surface area contributed by atoms with Crippen LogP contribution in [0.25, 0.3) is 0 Å². The van der Waals surface area contributed by atoms with Crippen molar-refractivity contribution in [3.05, 3.63) is 29.8 Å². The Balaban J connectivity index is 2.53. The summed E-state index contributed by atoms with van der Waals surface area (Å²) in [6.07, 6.45) is 0.738. The molecule has 0 aliphatic carbocycles. The number of nitrogens with one attached hydrogen (secondary N) is 2. The van der Waals surface area contributed by atoms with Gasteiger partial charge in [-0.2, -0.15) is 0 Å². The van der Waals surface area contributed by atoms with Crippen molar-refractivity contribution in [1.29, 1.82) is 0 Å². The number of anilines is 1. The largest absolute Gasteiger partial charge is 0.396 e. The number of para-hydroxylation sites is 1. The summed E-state index contributed by atoms with van der Waals surface area (Å²) in [5.74, 6) is -0.0668. The maximum Gasteiger partial charge on any atom is 0.221 e. The molecule has 1 aromatic rings. The second-order valence-corrected chi connectivity index (χ2v) is 3.59. The summed E-state index contributed by atoms with van der Waals surface area (Å²) in [5, 5.41) is 14.6. The zero-order valence-electron chi connectivity index (χ0n) is 9.49. The minimum absolute atomic E-state index is 0.0668. The van der Waals surface area contributed by atoms with Crippen molar-refractivity contribution in [2.75, 3.05) is 18.5 Å². The van der Waals surface area contributed by atoms with E-state index in [1.165, 1.54) is 6.92 Å². The monoisotopic (exact) mass is 222 g/mol. The number of hydrogen-bond donors (Lipinski definition) is 3. The lowest BCUT2D eigenvalue weighted by Crippen LogP contribution is -2.17. The van der Waals surface area contributed by atoms with E-state index in [9.17, 15) is 4.79 Å². The highest BCUT2D eigenvalue weighted by Gasteiger charge is 2.02. The number of aliphatic hydroxyl groups is 1. The quantitative estimate of drug-likeness (QED) is 0.632. The Bertz CT molecular complexity index is 340. The Hall–Kier alpha value is -1.39. The molecule has 4 nitrogen and oxygen atoms in total. The fourth-order valence-corrected chi connectivity index (χ4v) is 1.41. The highest BCUT2D eigenvalue weighted by molar-refractivity contribution is 5.89. The molecule has 0 fully saturated rings. The van der Waals surface area contributed by atoms with E-state index in [-0.39, 0.29) is 12.5 Å². The fraction of sp³-hybridized carbons (Fsp3) is 0.417. The summed E-state index contributed by atoms with van der Waals surface area (Å²) in [4.78, 5) is 11.0. The Labute approximate surface area is 95.7 Å². The fourth-order valence-electron chi connectivity index (χ4n) is 1.41. The number of amides is 1. The Morgan fingerprint density at radius 1 is 1.38 bits per heavy atom. The van der Waals surface area contributed by atoms with E-state index in [1.54, 1.807) is 0 Å². The first-order chi connectivity index (χ1) is 7.74. The van der Waals surface area contributed by atoms with Crippen LogP contribution in [0.4, 0.5) is 5.69 Å². The maximum atomic E-state index is 11.0. The molecule has 0 unspecified atom stereocenters. The smallest absolute Gasteiger partial charge is 0.221 e. The third-order valence-electron chi connectivity index (χ3n) is 2.16. The van der Waals surface area contributed by atoms with Crippen LogP contribution in [0, 0.1) is 0 Å². The average Bonchev–Trinajstić information content (AvgIpc) is 2.26. The molecule has 0 saturated carbocycles. The van der Waals surface area contributed by atoms with Gasteiger partial charge in [0.2, 0.25) is 5.91 Å². The first-order valence-electron chi connectivity index (χ1n) is 5.41. The topological polar surface area (TPSA) is 61.4 Å². The molecular weight excluding hydrogens is 204 g/mol. The normalized spacial score (nSPS) is 10.1. The molecule has 0 saturated heterocycles. The van der Waals surface area contributed by atoms with Gasteiger partial charge >= 0.3 is 0 Å². The maximum absolute atomic E-state index is 11.0.